The van der Waals surface area contributed by atoms with Gasteiger partial charge in [0.15, 0.2) is 0 Å². The number of aliphatic hydroxyl groups is 1. The van der Waals surface area contributed by atoms with Gasteiger partial charge < -0.3 is 9.84 Å². The van der Waals surface area contributed by atoms with Crippen LogP contribution < -0.4 is 0 Å². The van der Waals surface area contributed by atoms with Gasteiger partial charge in [-0.05, 0) is 39.3 Å². The second-order valence-electron chi connectivity index (χ2n) is 5.46. The Morgan fingerprint density at radius 3 is 2.05 bits per heavy atom. The molecular weight excluding hydrogens is 285 g/mol. The zero-order valence-electron chi connectivity index (χ0n) is 12.4. The molecular formula is C15H19F3O3. The van der Waals surface area contributed by atoms with E-state index in [0.717, 1.165) is 6.07 Å². The van der Waals surface area contributed by atoms with E-state index in [-0.39, 0.29) is 12.2 Å². The second kappa shape index (κ2) is 5.67. The Labute approximate surface area is 121 Å². The molecule has 0 fully saturated rings. The maximum Gasteiger partial charge on any atom is 0.416 e. The standard InChI is InChI=1S/C15H19F3O3/c1-5-21-12(19)13(2,3)14(4,20)10-8-6-7-9-11(10)15(16,17)18/h6-9,20H,5H2,1-4H3. The highest BCUT2D eigenvalue weighted by molar-refractivity contribution is 5.78. The van der Waals surface area contributed by atoms with Crippen molar-refractivity contribution < 1.29 is 27.8 Å². The van der Waals surface area contributed by atoms with Crippen molar-refractivity contribution in [1.29, 1.82) is 0 Å². The number of hydrogen-bond donors (Lipinski definition) is 1. The fraction of sp³-hybridized carbons (Fsp3) is 0.533. The summed E-state index contributed by atoms with van der Waals surface area (Å²) in [6, 6.07) is 4.68. The van der Waals surface area contributed by atoms with E-state index in [1.54, 1.807) is 6.92 Å². The smallest absolute Gasteiger partial charge is 0.416 e. The molecule has 1 N–H and O–H groups in total. The van der Waals surface area contributed by atoms with E-state index in [4.69, 9.17) is 4.74 Å². The quantitative estimate of drug-likeness (QED) is 0.866. The van der Waals surface area contributed by atoms with Crippen molar-refractivity contribution in [3.63, 3.8) is 0 Å². The van der Waals surface area contributed by atoms with Crippen LogP contribution in [-0.4, -0.2) is 17.7 Å². The number of ether oxygens (including phenoxy) is 1. The van der Waals surface area contributed by atoms with Gasteiger partial charge in [0.05, 0.1) is 17.6 Å². The van der Waals surface area contributed by atoms with Crippen LogP contribution in [0.1, 0.15) is 38.8 Å². The molecule has 0 aliphatic rings. The second-order valence-corrected chi connectivity index (χ2v) is 5.46. The lowest BCUT2D eigenvalue weighted by molar-refractivity contribution is -0.173. The van der Waals surface area contributed by atoms with Crippen LogP contribution in [-0.2, 0) is 21.3 Å². The summed E-state index contributed by atoms with van der Waals surface area (Å²) in [7, 11) is 0. The summed E-state index contributed by atoms with van der Waals surface area (Å²) in [5.41, 5.74) is -4.89. The zero-order valence-corrected chi connectivity index (χ0v) is 12.4. The van der Waals surface area contributed by atoms with Gasteiger partial charge in [-0.15, -0.1) is 0 Å². The maximum absolute atomic E-state index is 13.1. The molecule has 0 heterocycles. The summed E-state index contributed by atoms with van der Waals surface area (Å²) >= 11 is 0. The number of hydrogen-bond acceptors (Lipinski definition) is 3. The number of benzene rings is 1. The van der Waals surface area contributed by atoms with Gasteiger partial charge in [0.25, 0.3) is 0 Å². The predicted octanol–water partition coefficient (Wildman–Crippen LogP) is 3.50. The summed E-state index contributed by atoms with van der Waals surface area (Å²) in [6.07, 6.45) is -4.62. The Balaban J connectivity index is 3.41. The molecule has 0 aliphatic carbocycles. The van der Waals surface area contributed by atoms with E-state index in [2.05, 4.69) is 0 Å². The molecule has 6 heteroatoms. The minimum absolute atomic E-state index is 0.0826. The molecule has 0 spiro atoms. The van der Waals surface area contributed by atoms with Crippen LogP contribution in [0.2, 0.25) is 0 Å². The highest BCUT2D eigenvalue weighted by atomic mass is 19.4. The number of rotatable bonds is 4. The van der Waals surface area contributed by atoms with Crippen molar-refractivity contribution in [3.8, 4) is 0 Å². The van der Waals surface area contributed by atoms with Crippen LogP contribution in [0.25, 0.3) is 0 Å². The molecule has 0 aliphatic heterocycles. The van der Waals surface area contributed by atoms with Crippen molar-refractivity contribution in [2.75, 3.05) is 6.61 Å². The molecule has 1 aromatic carbocycles. The van der Waals surface area contributed by atoms with Gasteiger partial charge in [-0.3, -0.25) is 4.79 Å². The highest BCUT2D eigenvalue weighted by Crippen LogP contribution is 2.45. The molecule has 0 saturated carbocycles. The highest BCUT2D eigenvalue weighted by Gasteiger charge is 2.51. The monoisotopic (exact) mass is 304 g/mol. The van der Waals surface area contributed by atoms with Crippen molar-refractivity contribution >= 4 is 5.97 Å². The molecule has 1 rings (SSSR count). The van der Waals surface area contributed by atoms with Gasteiger partial charge in [0.2, 0.25) is 0 Å². The molecule has 118 valence electrons. The Hall–Kier alpha value is -1.56. The largest absolute Gasteiger partial charge is 0.465 e. The van der Waals surface area contributed by atoms with Gasteiger partial charge in [0.1, 0.15) is 5.60 Å². The Morgan fingerprint density at radius 2 is 1.62 bits per heavy atom. The molecule has 0 saturated heterocycles. The first-order chi connectivity index (χ1) is 9.46. The summed E-state index contributed by atoms with van der Waals surface area (Å²) in [5.74, 6) is -0.757. The minimum atomic E-state index is -4.62. The molecule has 0 amide bonds. The molecule has 3 nitrogen and oxygen atoms in total. The Morgan fingerprint density at radius 1 is 1.14 bits per heavy atom. The van der Waals surface area contributed by atoms with Crippen LogP contribution in [0.15, 0.2) is 24.3 Å². The van der Waals surface area contributed by atoms with E-state index in [1.807, 2.05) is 0 Å². The van der Waals surface area contributed by atoms with Crippen molar-refractivity contribution in [2.45, 2.75) is 39.5 Å². The summed E-state index contributed by atoms with van der Waals surface area (Å²) in [5, 5.41) is 10.7. The van der Waals surface area contributed by atoms with Gasteiger partial charge in [-0.25, -0.2) is 0 Å². The third-order valence-corrected chi connectivity index (χ3v) is 3.76. The Kier molecular flexibility index (Phi) is 4.73. The molecule has 21 heavy (non-hydrogen) atoms. The van der Waals surface area contributed by atoms with E-state index in [0.29, 0.717) is 0 Å². The first kappa shape index (κ1) is 17.5. The summed E-state index contributed by atoms with van der Waals surface area (Å²) in [4.78, 5) is 12.0. The van der Waals surface area contributed by atoms with Gasteiger partial charge in [-0.1, -0.05) is 18.2 Å². The van der Waals surface area contributed by atoms with Gasteiger partial charge in [0, 0.05) is 0 Å². The van der Waals surface area contributed by atoms with Crippen molar-refractivity contribution in [2.24, 2.45) is 5.41 Å². The number of carbonyl (C=O) groups excluding carboxylic acids is 1. The molecule has 1 aromatic rings. The fourth-order valence-electron chi connectivity index (χ4n) is 2.00. The molecule has 0 radical (unpaired) electrons. The van der Waals surface area contributed by atoms with Crippen molar-refractivity contribution in [3.05, 3.63) is 35.4 Å². The predicted molar refractivity (Wildman–Crippen MR) is 71.4 cm³/mol. The summed E-state index contributed by atoms with van der Waals surface area (Å²) in [6.45, 7) is 5.58. The topological polar surface area (TPSA) is 46.5 Å². The molecule has 1 unspecified atom stereocenters. The maximum atomic E-state index is 13.1. The van der Waals surface area contributed by atoms with Crippen molar-refractivity contribution in [1.82, 2.24) is 0 Å². The minimum Gasteiger partial charge on any atom is -0.465 e. The fourth-order valence-corrected chi connectivity index (χ4v) is 2.00. The third kappa shape index (κ3) is 3.20. The average molecular weight is 304 g/mol. The molecule has 1 atom stereocenters. The zero-order chi connectivity index (χ0) is 16.5. The molecule has 0 bridgehead atoms. The molecule has 0 aromatic heterocycles. The summed E-state index contributed by atoms with van der Waals surface area (Å²) < 4.78 is 44.1. The van der Waals surface area contributed by atoms with Crippen LogP contribution in [0.4, 0.5) is 13.2 Å². The SMILES string of the molecule is CCOC(=O)C(C)(C)C(C)(O)c1ccccc1C(F)(F)F. The van der Waals surface area contributed by atoms with E-state index >= 15 is 0 Å². The lowest BCUT2D eigenvalue weighted by atomic mass is 9.70. The van der Waals surface area contributed by atoms with Crippen LogP contribution >= 0.6 is 0 Å². The van der Waals surface area contributed by atoms with E-state index < -0.39 is 28.7 Å². The number of carbonyl (C=O) groups is 1. The van der Waals surface area contributed by atoms with E-state index in [9.17, 15) is 23.1 Å². The van der Waals surface area contributed by atoms with E-state index in [1.165, 1.54) is 39.0 Å². The lowest BCUT2D eigenvalue weighted by Gasteiger charge is -2.39. The number of esters is 1. The first-order valence-electron chi connectivity index (χ1n) is 6.52. The third-order valence-electron chi connectivity index (χ3n) is 3.76. The number of halogens is 3. The van der Waals surface area contributed by atoms with Gasteiger partial charge >= 0.3 is 12.1 Å². The van der Waals surface area contributed by atoms with Crippen LogP contribution in [0.3, 0.4) is 0 Å². The Bertz CT molecular complexity index is 519. The van der Waals surface area contributed by atoms with Crippen LogP contribution in [0, 0.1) is 5.41 Å². The normalized spacial score (nSPS) is 15.4. The first-order valence-corrected chi connectivity index (χ1v) is 6.52. The lowest BCUT2D eigenvalue weighted by Crippen LogP contribution is -2.47. The average Bonchev–Trinajstić information content (AvgIpc) is 2.37. The van der Waals surface area contributed by atoms with Gasteiger partial charge in [-0.2, -0.15) is 13.2 Å². The van der Waals surface area contributed by atoms with Crippen LogP contribution in [0.5, 0.6) is 0 Å². The number of alkyl halides is 3.